The van der Waals surface area contributed by atoms with Crippen LogP contribution in [0.1, 0.15) is 96.5 Å². The molecular formula is C31H47BN6O3Zn. The molecule has 3 heterocycles. The molecule has 0 aliphatic heterocycles. The summed E-state index contributed by atoms with van der Waals surface area (Å²) >= 11 is 0. The van der Waals surface area contributed by atoms with Crippen LogP contribution in [0.4, 0.5) is 4.79 Å². The summed E-state index contributed by atoms with van der Waals surface area (Å²) in [6.45, 7) is 26.3. The van der Waals surface area contributed by atoms with Gasteiger partial charge in [0.15, 0.2) is 0 Å². The number of hydrogen-bond acceptors (Lipinski definition) is 5. The van der Waals surface area contributed by atoms with Crippen LogP contribution in [0, 0.1) is 20.8 Å². The Labute approximate surface area is 264 Å². The normalized spacial score (nSPS) is 11.6. The molecule has 0 aliphatic carbocycles. The van der Waals surface area contributed by atoms with E-state index in [2.05, 4.69) is 115 Å². The van der Waals surface area contributed by atoms with Gasteiger partial charge in [0, 0.05) is 16.2 Å². The van der Waals surface area contributed by atoms with Crippen molar-refractivity contribution in [2.24, 2.45) is 0 Å². The van der Waals surface area contributed by atoms with E-state index in [4.69, 9.17) is 30.3 Å². The van der Waals surface area contributed by atoms with Gasteiger partial charge in [-0.2, -0.15) is 0 Å². The largest absolute Gasteiger partial charge is 2.00 e. The zero-order valence-electron chi connectivity index (χ0n) is 27.6. The van der Waals surface area contributed by atoms with Gasteiger partial charge in [0.1, 0.15) is 0 Å². The Morgan fingerprint density at radius 1 is 0.619 bits per heavy atom. The molecule has 0 unspecified atom stereocenters. The molecule has 0 amide bonds. The molecule has 1 N–H and O–H groups in total. The summed E-state index contributed by atoms with van der Waals surface area (Å²) in [5.41, 5.74) is 6.58. The van der Waals surface area contributed by atoms with Crippen LogP contribution in [0.3, 0.4) is 0 Å². The van der Waals surface area contributed by atoms with Crippen molar-refractivity contribution in [3.05, 3.63) is 88.8 Å². The van der Waals surface area contributed by atoms with Gasteiger partial charge in [0.25, 0.3) is 0 Å². The third kappa shape index (κ3) is 9.97. The van der Waals surface area contributed by atoms with Gasteiger partial charge in [-0.1, -0.05) is 98.7 Å². The predicted molar refractivity (Wildman–Crippen MR) is 165 cm³/mol. The van der Waals surface area contributed by atoms with E-state index in [1.165, 1.54) is 0 Å². The first kappa shape index (κ1) is 36.8. The van der Waals surface area contributed by atoms with Crippen LogP contribution < -0.4 is 5.11 Å². The van der Waals surface area contributed by atoms with Crippen molar-refractivity contribution < 1.29 is 34.5 Å². The quantitative estimate of drug-likeness (QED) is 0.307. The summed E-state index contributed by atoms with van der Waals surface area (Å²) < 4.78 is 6.46. The zero-order valence-corrected chi connectivity index (χ0v) is 30.5. The van der Waals surface area contributed by atoms with Gasteiger partial charge >= 0.3 is 26.6 Å². The smallest absolute Gasteiger partial charge is 0.565 e. The van der Waals surface area contributed by atoms with Crippen LogP contribution in [0.15, 0.2) is 54.6 Å². The maximum atomic E-state index is 8.44. The average Bonchev–Trinajstić information content (AvgIpc) is 3.53. The fraction of sp³-hybridized carbons (Fsp3) is 0.484. The second-order valence-corrected chi connectivity index (χ2v) is 13.6. The van der Waals surface area contributed by atoms with Crippen molar-refractivity contribution >= 4 is 13.3 Å². The Bertz CT molecular complexity index is 1250. The Kier molecular flexibility index (Phi) is 12.6. The third-order valence-corrected chi connectivity index (χ3v) is 6.72. The van der Waals surface area contributed by atoms with Crippen LogP contribution >= 0.6 is 0 Å². The van der Waals surface area contributed by atoms with E-state index in [1.54, 1.807) is 0 Å². The Balaban J connectivity index is 0.000000682. The fourth-order valence-corrected chi connectivity index (χ4v) is 4.25. The number of nitrogens with zero attached hydrogens (tertiary/aromatic N) is 6. The van der Waals surface area contributed by atoms with Gasteiger partial charge in [-0.05, 0) is 56.1 Å². The molecule has 0 bridgehead atoms. The molecule has 0 spiro atoms. The molecule has 0 atom stereocenters. The first-order valence-corrected chi connectivity index (χ1v) is 14.0. The summed E-state index contributed by atoms with van der Waals surface area (Å²) in [5.74, 6) is 0. The van der Waals surface area contributed by atoms with E-state index in [9.17, 15) is 0 Å². The maximum Gasteiger partial charge on any atom is 2.00 e. The van der Waals surface area contributed by atoms with Crippen LogP contribution in [0.5, 0.6) is 0 Å². The van der Waals surface area contributed by atoms with Crippen molar-refractivity contribution in [2.75, 3.05) is 0 Å². The van der Waals surface area contributed by atoms with E-state index in [-0.39, 0.29) is 35.7 Å². The van der Waals surface area contributed by atoms with Gasteiger partial charge < -0.3 is 28.8 Å². The molecule has 0 saturated carbocycles. The summed E-state index contributed by atoms with van der Waals surface area (Å²) in [7, 11) is -1.42. The standard InChI is InChI=1S/C24H40BN6.C6H6.CH2O3.Zn/c1-16-13-19(22(4,5)6)26-29(16)25(30-17(2)14-20(27-30)23(7,8)9)31-18(3)15-21(28-31)24(10,11)12;1-2-4-6-5-3-1;2-1(3)4;/h13-15,25H,1-12H3;1-6H;(H2,2,3,4);/q-1;;;+2/p-1. The molecule has 0 aliphatic rings. The molecule has 0 fully saturated rings. The van der Waals surface area contributed by atoms with E-state index in [0.717, 1.165) is 34.2 Å². The molecule has 42 heavy (non-hydrogen) atoms. The van der Waals surface area contributed by atoms with Gasteiger partial charge in [-0.15, -0.1) is 0 Å². The molecule has 0 saturated heterocycles. The van der Waals surface area contributed by atoms with Crippen molar-refractivity contribution in [1.82, 2.24) is 29.1 Å². The Morgan fingerprint density at radius 2 is 0.810 bits per heavy atom. The van der Waals surface area contributed by atoms with E-state index < -0.39 is 13.3 Å². The molecule has 3 aromatic heterocycles. The molecule has 1 aromatic carbocycles. The average molecular weight is 628 g/mol. The number of carbonyl (C=O) groups is 1. The maximum absolute atomic E-state index is 8.44. The van der Waals surface area contributed by atoms with E-state index >= 15 is 0 Å². The van der Waals surface area contributed by atoms with Crippen molar-refractivity contribution in [2.45, 2.75) is 99.3 Å². The van der Waals surface area contributed by atoms with Gasteiger partial charge in [0.2, 0.25) is 6.16 Å². The van der Waals surface area contributed by atoms with Crippen molar-refractivity contribution in [1.29, 1.82) is 0 Å². The SMILES string of the molecule is Cc1cc(C(C)(C)C)nn1[BH-](n1nc(C(C)(C)C)cc1C)n1nc(C(C)(C)C)cc1C.O=C([O-])O.[Zn+2].c1ccccc1. The molecule has 9 nitrogen and oxygen atoms in total. The Morgan fingerprint density at radius 3 is 0.952 bits per heavy atom. The van der Waals surface area contributed by atoms with Crippen molar-refractivity contribution in [3.8, 4) is 0 Å². The van der Waals surface area contributed by atoms with Gasteiger partial charge in [0.05, 0.1) is 17.1 Å². The number of hydrogen-bond donors (Lipinski definition) is 1. The second kappa shape index (κ2) is 14.3. The number of carboxylic acid groups (broad SMARTS) is 2. The number of benzene rings is 1. The monoisotopic (exact) mass is 626 g/mol. The van der Waals surface area contributed by atoms with E-state index in [0.29, 0.717) is 0 Å². The van der Waals surface area contributed by atoms with Crippen LogP contribution in [-0.4, -0.2) is 47.5 Å². The van der Waals surface area contributed by atoms with Crippen LogP contribution in [-0.2, 0) is 35.7 Å². The molecule has 224 valence electrons. The summed E-state index contributed by atoms with van der Waals surface area (Å²) in [6.07, 6.45) is -2.08. The summed E-state index contributed by atoms with van der Waals surface area (Å²) in [5, 5.41) is 30.6. The minimum absolute atomic E-state index is 0. The minimum atomic E-state index is -2.08. The molecular weight excluding hydrogens is 581 g/mol. The van der Waals surface area contributed by atoms with Crippen LogP contribution in [0.2, 0.25) is 0 Å². The minimum Gasteiger partial charge on any atom is -0.565 e. The Hall–Kier alpha value is -3.19. The van der Waals surface area contributed by atoms with Crippen LogP contribution in [0.25, 0.3) is 0 Å². The molecule has 0 radical (unpaired) electrons. The zero-order chi connectivity index (χ0) is 31.3. The van der Waals surface area contributed by atoms with Crippen molar-refractivity contribution in [3.63, 3.8) is 0 Å². The molecule has 4 rings (SSSR count). The predicted octanol–water partition coefficient (Wildman–Crippen LogP) is 5.33. The summed E-state index contributed by atoms with van der Waals surface area (Å²) in [6, 6.07) is 18.6. The number of rotatable bonds is 3. The van der Waals surface area contributed by atoms with Gasteiger partial charge in [-0.3, -0.25) is 0 Å². The topological polar surface area (TPSA) is 114 Å². The first-order valence-electron chi connectivity index (χ1n) is 14.0. The first-order chi connectivity index (χ1) is 18.7. The van der Waals surface area contributed by atoms with Gasteiger partial charge in [-0.25, -0.2) is 15.3 Å². The van der Waals surface area contributed by atoms with E-state index in [1.807, 2.05) is 36.4 Å². The summed E-state index contributed by atoms with van der Waals surface area (Å²) in [4.78, 5) is 8.44. The third-order valence-electron chi connectivity index (χ3n) is 6.72. The number of aromatic nitrogens is 6. The molecule has 4 aromatic rings. The fourth-order valence-electron chi connectivity index (χ4n) is 4.25. The second-order valence-electron chi connectivity index (χ2n) is 13.6. The molecule has 11 heteroatoms. The number of aryl methyl sites for hydroxylation is 3.